The van der Waals surface area contributed by atoms with Crippen molar-refractivity contribution in [3.05, 3.63) is 11.8 Å². The average molecular weight is 223 g/mol. The Balaban J connectivity index is 1.97. The third-order valence-corrected chi connectivity index (χ3v) is 3.26. The molecule has 0 amide bonds. The molecule has 1 N–H and O–H groups in total. The second kappa shape index (κ2) is 5.43. The highest BCUT2D eigenvalue weighted by molar-refractivity contribution is 4.98. The SMILES string of the molecule is CCCNC(CC)c1nnc(C2CCC2)o1. The van der Waals surface area contributed by atoms with E-state index in [1.807, 2.05) is 0 Å². The normalized spacial score (nSPS) is 18.4. The van der Waals surface area contributed by atoms with E-state index in [9.17, 15) is 0 Å². The Labute approximate surface area is 96.8 Å². The van der Waals surface area contributed by atoms with Gasteiger partial charge in [0.25, 0.3) is 0 Å². The summed E-state index contributed by atoms with van der Waals surface area (Å²) in [4.78, 5) is 0. The van der Waals surface area contributed by atoms with Gasteiger partial charge in [0, 0.05) is 5.92 Å². The molecule has 1 aromatic heterocycles. The van der Waals surface area contributed by atoms with Gasteiger partial charge >= 0.3 is 0 Å². The van der Waals surface area contributed by atoms with Crippen LogP contribution in [0.2, 0.25) is 0 Å². The Hall–Kier alpha value is -0.900. The number of nitrogens with one attached hydrogen (secondary N) is 1. The Kier molecular flexibility index (Phi) is 3.93. The average Bonchev–Trinajstić information content (AvgIpc) is 2.66. The maximum absolute atomic E-state index is 5.75. The van der Waals surface area contributed by atoms with Crippen LogP contribution >= 0.6 is 0 Å². The Bertz CT molecular complexity index is 320. The maximum Gasteiger partial charge on any atom is 0.233 e. The van der Waals surface area contributed by atoms with Crippen LogP contribution in [0.15, 0.2) is 4.42 Å². The fourth-order valence-corrected chi connectivity index (χ4v) is 1.93. The van der Waals surface area contributed by atoms with E-state index in [4.69, 9.17) is 4.42 Å². The summed E-state index contributed by atoms with van der Waals surface area (Å²) in [5.74, 6) is 2.14. The van der Waals surface area contributed by atoms with Crippen LogP contribution < -0.4 is 5.32 Å². The van der Waals surface area contributed by atoms with Gasteiger partial charge in [-0.3, -0.25) is 0 Å². The van der Waals surface area contributed by atoms with Gasteiger partial charge in [0.05, 0.1) is 6.04 Å². The van der Waals surface area contributed by atoms with E-state index in [1.54, 1.807) is 0 Å². The summed E-state index contributed by atoms with van der Waals surface area (Å²) >= 11 is 0. The van der Waals surface area contributed by atoms with Crippen LogP contribution in [0.1, 0.15) is 69.7 Å². The van der Waals surface area contributed by atoms with Crippen LogP contribution in [0, 0.1) is 0 Å². The molecule has 1 unspecified atom stereocenters. The molecule has 1 aliphatic carbocycles. The van der Waals surface area contributed by atoms with Crippen LogP contribution in [0.5, 0.6) is 0 Å². The van der Waals surface area contributed by atoms with Crippen molar-refractivity contribution >= 4 is 0 Å². The van der Waals surface area contributed by atoms with E-state index in [0.717, 1.165) is 31.2 Å². The topological polar surface area (TPSA) is 51.0 Å². The molecule has 1 aliphatic rings. The summed E-state index contributed by atoms with van der Waals surface area (Å²) in [6.45, 7) is 5.30. The molecule has 2 rings (SSSR count). The smallest absolute Gasteiger partial charge is 0.233 e. The zero-order valence-electron chi connectivity index (χ0n) is 10.2. The van der Waals surface area contributed by atoms with Crippen LogP contribution in [-0.4, -0.2) is 16.7 Å². The van der Waals surface area contributed by atoms with Crippen molar-refractivity contribution in [2.75, 3.05) is 6.54 Å². The van der Waals surface area contributed by atoms with Gasteiger partial charge in [-0.15, -0.1) is 10.2 Å². The Morgan fingerprint density at radius 2 is 2.19 bits per heavy atom. The van der Waals surface area contributed by atoms with Crippen LogP contribution in [0.25, 0.3) is 0 Å². The van der Waals surface area contributed by atoms with Crippen LogP contribution in [-0.2, 0) is 0 Å². The largest absolute Gasteiger partial charge is 0.423 e. The first-order valence-corrected chi connectivity index (χ1v) is 6.41. The van der Waals surface area contributed by atoms with E-state index in [1.165, 1.54) is 19.3 Å². The first-order chi connectivity index (χ1) is 7.85. The van der Waals surface area contributed by atoms with Gasteiger partial charge in [-0.25, -0.2) is 0 Å². The molecule has 1 saturated carbocycles. The van der Waals surface area contributed by atoms with Crippen LogP contribution in [0.4, 0.5) is 0 Å². The van der Waals surface area contributed by atoms with Gasteiger partial charge in [0.2, 0.25) is 11.8 Å². The summed E-state index contributed by atoms with van der Waals surface area (Å²) in [6, 6.07) is 0.223. The molecule has 1 fully saturated rings. The minimum absolute atomic E-state index is 0.223. The molecule has 16 heavy (non-hydrogen) atoms. The minimum atomic E-state index is 0.223. The lowest BCUT2D eigenvalue weighted by atomic mass is 9.85. The summed E-state index contributed by atoms with van der Waals surface area (Å²) in [6.07, 6.45) is 5.84. The van der Waals surface area contributed by atoms with Gasteiger partial charge < -0.3 is 9.73 Å². The standard InChI is InChI=1S/C12H21N3O/c1-3-8-13-10(4-2)12-15-14-11(16-12)9-6-5-7-9/h9-10,13H,3-8H2,1-2H3. The number of hydrogen-bond donors (Lipinski definition) is 1. The monoisotopic (exact) mass is 223 g/mol. The van der Waals surface area contributed by atoms with E-state index in [2.05, 4.69) is 29.4 Å². The molecular weight excluding hydrogens is 202 g/mol. The number of rotatable bonds is 6. The highest BCUT2D eigenvalue weighted by Crippen LogP contribution is 2.35. The number of hydrogen-bond acceptors (Lipinski definition) is 4. The van der Waals surface area contributed by atoms with Gasteiger partial charge in [-0.1, -0.05) is 20.3 Å². The first kappa shape index (κ1) is 11.6. The zero-order valence-corrected chi connectivity index (χ0v) is 10.2. The van der Waals surface area contributed by atoms with Crippen molar-refractivity contribution in [1.82, 2.24) is 15.5 Å². The molecule has 4 heteroatoms. The molecule has 0 radical (unpaired) electrons. The zero-order chi connectivity index (χ0) is 11.4. The van der Waals surface area contributed by atoms with Gasteiger partial charge in [0.1, 0.15) is 0 Å². The second-order valence-corrected chi connectivity index (χ2v) is 4.52. The van der Waals surface area contributed by atoms with E-state index in [-0.39, 0.29) is 6.04 Å². The molecule has 4 nitrogen and oxygen atoms in total. The highest BCUT2D eigenvalue weighted by Gasteiger charge is 2.26. The number of aromatic nitrogens is 2. The predicted octanol–water partition coefficient (Wildman–Crippen LogP) is 2.79. The molecule has 1 atom stereocenters. The van der Waals surface area contributed by atoms with Crippen LogP contribution in [0.3, 0.4) is 0 Å². The molecule has 0 aromatic carbocycles. The fraction of sp³-hybridized carbons (Fsp3) is 0.833. The lowest BCUT2D eigenvalue weighted by molar-refractivity contribution is 0.307. The predicted molar refractivity (Wildman–Crippen MR) is 62.2 cm³/mol. The lowest BCUT2D eigenvalue weighted by Crippen LogP contribution is -2.21. The summed E-state index contributed by atoms with van der Waals surface area (Å²) in [5, 5.41) is 11.7. The third kappa shape index (κ3) is 2.43. The van der Waals surface area contributed by atoms with Crippen molar-refractivity contribution in [1.29, 1.82) is 0 Å². The molecule has 1 heterocycles. The van der Waals surface area contributed by atoms with Gasteiger partial charge in [0.15, 0.2) is 0 Å². The Morgan fingerprint density at radius 1 is 1.38 bits per heavy atom. The van der Waals surface area contributed by atoms with Crippen molar-refractivity contribution in [3.63, 3.8) is 0 Å². The summed E-state index contributed by atoms with van der Waals surface area (Å²) < 4.78 is 5.75. The highest BCUT2D eigenvalue weighted by atomic mass is 16.4. The first-order valence-electron chi connectivity index (χ1n) is 6.41. The van der Waals surface area contributed by atoms with Crippen molar-refractivity contribution in [2.45, 2.75) is 57.9 Å². The molecule has 0 aliphatic heterocycles. The number of nitrogens with zero attached hydrogens (tertiary/aromatic N) is 2. The summed E-state index contributed by atoms with van der Waals surface area (Å²) in [7, 11) is 0. The maximum atomic E-state index is 5.75. The summed E-state index contributed by atoms with van der Waals surface area (Å²) in [5.41, 5.74) is 0. The molecule has 0 saturated heterocycles. The molecular formula is C12H21N3O. The molecule has 90 valence electrons. The fourth-order valence-electron chi connectivity index (χ4n) is 1.93. The van der Waals surface area contributed by atoms with Crippen molar-refractivity contribution in [3.8, 4) is 0 Å². The third-order valence-electron chi connectivity index (χ3n) is 3.26. The molecule has 0 spiro atoms. The van der Waals surface area contributed by atoms with E-state index < -0.39 is 0 Å². The molecule has 1 aromatic rings. The minimum Gasteiger partial charge on any atom is -0.423 e. The van der Waals surface area contributed by atoms with Crippen molar-refractivity contribution < 1.29 is 4.42 Å². The van der Waals surface area contributed by atoms with E-state index in [0.29, 0.717) is 5.92 Å². The van der Waals surface area contributed by atoms with Crippen molar-refractivity contribution in [2.24, 2.45) is 0 Å². The van der Waals surface area contributed by atoms with Gasteiger partial charge in [-0.2, -0.15) is 0 Å². The molecule has 0 bridgehead atoms. The lowest BCUT2D eigenvalue weighted by Gasteiger charge is -2.21. The van der Waals surface area contributed by atoms with E-state index >= 15 is 0 Å². The Morgan fingerprint density at radius 3 is 2.75 bits per heavy atom. The second-order valence-electron chi connectivity index (χ2n) is 4.52. The van der Waals surface area contributed by atoms with Gasteiger partial charge in [-0.05, 0) is 32.2 Å². The quantitative estimate of drug-likeness (QED) is 0.805.